The van der Waals surface area contributed by atoms with Crippen molar-refractivity contribution in [2.24, 2.45) is 5.92 Å². The molecule has 1 aromatic rings. The highest BCUT2D eigenvalue weighted by Crippen LogP contribution is 2.46. The summed E-state index contributed by atoms with van der Waals surface area (Å²) in [5, 5.41) is 9.56. The number of carbonyl (C=O) groups is 1. The number of hydrogen-bond donors (Lipinski definition) is 1. The van der Waals surface area contributed by atoms with Crippen molar-refractivity contribution in [1.29, 1.82) is 0 Å². The van der Waals surface area contributed by atoms with E-state index in [2.05, 4.69) is 4.90 Å². The molecule has 3 rings (SSSR count). The average molecular weight is 263 g/mol. The van der Waals surface area contributed by atoms with Gasteiger partial charge in [0.05, 0.1) is 5.92 Å². The van der Waals surface area contributed by atoms with Crippen LogP contribution in [0.4, 0.5) is 4.39 Å². The maximum absolute atomic E-state index is 13.0. The summed E-state index contributed by atoms with van der Waals surface area (Å²) >= 11 is 0. The topological polar surface area (TPSA) is 40.5 Å². The van der Waals surface area contributed by atoms with Crippen molar-refractivity contribution >= 4 is 5.97 Å². The first-order valence-electron chi connectivity index (χ1n) is 6.78. The zero-order valence-corrected chi connectivity index (χ0v) is 10.9. The van der Waals surface area contributed by atoms with Gasteiger partial charge in [0.15, 0.2) is 0 Å². The van der Waals surface area contributed by atoms with Crippen molar-refractivity contribution in [3.63, 3.8) is 0 Å². The lowest BCUT2D eigenvalue weighted by molar-refractivity contribution is -0.146. The van der Waals surface area contributed by atoms with Crippen molar-refractivity contribution in [2.75, 3.05) is 7.05 Å². The SMILES string of the molecule is CN1[C@H]2CC[C@@H]1[C@@H](C(=O)O)[C@@H](c1ccc(F)cc1)C2. The van der Waals surface area contributed by atoms with Crippen LogP contribution in [0.2, 0.25) is 0 Å². The predicted octanol–water partition coefficient (Wildman–Crippen LogP) is 2.48. The van der Waals surface area contributed by atoms with Crippen LogP contribution < -0.4 is 0 Å². The van der Waals surface area contributed by atoms with Crippen LogP contribution in [0.15, 0.2) is 24.3 Å². The first kappa shape index (κ1) is 12.6. The zero-order chi connectivity index (χ0) is 13.6. The highest BCUT2D eigenvalue weighted by atomic mass is 19.1. The molecular weight excluding hydrogens is 245 g/mol. The zero-order valence-electron chi connectivity index (χ0n) is 10.9. The van der Waals surface area contributed by atoms with E-state index in [-0.39, 0.29) is 23.7 Å². The molecule has 3 nitrogen and oxygen atoms in total. The standard InChI is InChI=1S/C15H18FNO2/c1-17-11-6-7-13(17)14(15(18)19)12(8-11)9-2-4-10(16)5-3-9/h2-5,11-14H,6-8H2,1H3,(H,18,19)/t11-,12+,13+,14-/m0/s1. The largest absolute Gasteiger partial charge is 0.481 e. The van der Waals surface area contributed by atoms with Crippen LogP contribution in [0, 0.1) is 11.7 Å². The molecule has 2 aliphatic rings. The third-order valence-electron chi connectivity index (χ3n) is 4.85. The molecular formula is C15H18FNO2. The van der Waals surface area contributed by atoms with Crippen molar-refractivity contribution in [3.05, 3.63) is 35.6 Å². The lowest BCUT2D eigenvalue weighted by Gasteiger charge is -2.41. The van der Waals surface area contributed by atoms with Gasteiger partial charge in [-0.05, 0) is 44.0 Å². The number of carboxylic acid groups (broad SMARTS) is 1. The summed E-state index contributed by atoms with van der Waals surface area (Å²) in [6, 6.07) is 6.91. The van der Waals surface area contributed by atoms with Crippen LogP contribution >= 0.6 is 0 Å². The Morgan fingerprint density at radius 1 is 1.32 bits per heavy atom. The van der Waals surface area contributed by atoms with E-state index in [4.69, 9.17) is 0 Å². The van der Waals surface area contributed by atoms with Gasteiger partial charge < -0.3 is 5.11 Å². The van der Waals surface area contributed by atoms with Crippen LogP contribution in [-0.4, -0.2) is 35.1 Å². The second kappa shape index (κ2) is 4.60. The number of halogens is 1. The van der Waals surface area contributed by atoms with E-state index in [1.807, 2.05) is 7.05 Å². The van der Waals surface area contributed by atoms with Gasteiger partial charge in [-0.1, -0.05) is 12.1 Å². The van der Waals surface area contributed by atoms with Gasteiger partial charge in [0.1, 0.15) is 5.82 Å². The molecule has 102 valence electrons. The van der Waals surface area contributed by atoms with Crippen LogP contribution in [0.5, 0.6) is 0 Å². The number of aliphatic carboxylic acids is 1. The molecule has 2 aliphatic heterocycles. The van der Waals surface area contributed by atoms with Gasteiger partial charge in [-0.25, -0.2) is 4.39 Å². The summed E-state index contributed by atoms with van der Waals surface area (Å²) in [4.78, 5) is 13.9. The molecule has 2 fully saturated rings. The van der Waals surface area contributed by atoms with Gasteiger partial charge in [0.2, 0.25) is 0 Å². The Balaban J connectivity index is 1.95. The van der Waals surface area contributed by atoms with Crippen molar-refractivity contribution in [1.82, 2.24) is 4.90 Å². The molecule has 0 aliphatic carbocycles. The normalized spacial score (nSPS) is 34.4. The van der Waals surface area contributed by atoms with Gasteiger partial charge in [-0.3, -0.25) is 9.69 Å². The first-order chi connectivity index (χ1) is 9.08. The summed E-state index contributed by atoms with van der Waals surface area (Å²) in [6.45, 7) is 0. The summed E-state index contributed by atoms with van der Waals surface area (Å²) in [5.74, 6) is -1.38. The average Bonchev–Trinajstić information content (AvgIpc) is 2.63. The van der Waals surface area contributed by atoms with Crippen LogP contribution in [0.25, 0.3) is 0 Å². The monoisotopic (exact) mass is 263 g/mol. The minimum atomic E-state index is -0.730. The molecule has 0 amide bonds. The second-order valence-corrected chi connectivity index (χ2v) is 5.72. The molecule has 19 heavy (non-hydrogen) atoms. The second-order valence-electron chi connectivity index (χ2n) is 5.72. The highest BCUT2D eigenvalue weighted by molar-refractivity contribution is 5.73. The number of benzene rings is 1. The van der Waals surface area contributed by atoms with Gasteiger partial charge >= 0.3 is 5.97 Å². The number of hydrogen-bond acceptors (Lipinski definition) is 2. The fourth-order valence-electron chi connectivity index (χ4n) is 3.86. The number of rotatable bonds is 2. The molecule has 2 saturated heterocycles. The maximum Gasteiger partial charge on any atom is 0.308 e. The molecule has 0 saturated carbocycles. The molecule has 4 heteroatoms. The molecule has 2 bridgehead atoms. The van der Waals surface area contributed by atoms with Gasteiger partial charge in [0, 0.05) is 18.0 Å². The van der Waals surface area contributed by atoms with E-state index in [0.29, 0.717) is 6.04 Å². The minimum absolute atomic E-state index is 0.00630. The van der Waals surface area contributed by atoms with Crippen molar-refractivity contribution in [3.8, 4) is 0 Å². The number of nitrogens with zero attached hydrogens (tertiary/aromatic N) is 1. The van der Waals surface area contributed by atoms with E-state index in [0.717, 1.165) is 24.8 Å². The van der Waals surface area contributed by atoms with E-state index >= 15 is 0 Å². The Morgan fingerprint density at radius 2 is 2.00 bits per heavy atom. The summed E-state index contributed by atoms with van der Waals surface area (Å²) in [7, 11) is 2.03. The van der Waals surface area contributed by atoms with Gasteiger partial charge in [0.25, 0.3) is 0 Å². The fourth-order valence-corrected chi connectivity index (χ4v) is 3.86. The van der Waals surface area contributed by atoms with E-state index in [1.165, 1.54) is 12.1 Å². The summed E-state index contributed by atoms with van der Waals surface area (Å²) < 4.78 is 13.0. The maximum atomic E-state index is 13.0. The molecule has 2 heterocycles. The fraction of sp³-hybridized carbons (Fsp3) is 0.533. The number of carboxylic acids is 1. The van der Waals surface area contributed by atoms with Crippen LogP contribution in [-0.2, 0) is 4.79 Å². The van der Waals surface area contributed by atoms with E-state index in [9.17, 15) is 14.3 Å². The molecule has 1 aromatic carbocycles. The molecule has 0 aromatic heterocycles. The lowest BCUT2D eigenvalue weighted by Crippen LogP contribution is -2.48. The third kappa shape index (κ3) is 2.04. The molecule has 0 spiro atoms. The molecule has 0 unspecified atom stereocenters. The molecule has 0 radical (unpaired) electrons. The Labute approximate surface area is 112 Å². The summed E-state index contributed by atoms with van der Waals surface area (Å²) in [5.41, 5.74) is 0.957. The molecule has 1 N–H and O–H groups in total. The van der Waals surface area contributed by atoms with E-state index in [1.54, 1.807) is 12.1 Å². The Kier molecular flexibility index (Phi) is 3.05. The first-order valence-corrected chi connectivity index (χ1v) is 6.78. The Bertz CT molecular complexity index is 487. The quantitative estimate of drug-likeness (QED) is 0.891. The highest BCUT2D eigenvalue weighted by Gasteiger charge is 2.49. The van der Waals surface area contributed by atoms with Gasteiger partial charge in [-0.2, -0.15) is 0 Å². The van der Waals surface area contributed by atoms with Crippen molar-refractivity contribution < 1.29 is 14.3 Å². The van der Waals surface area contributed by atoms with Crippen LogP contribution in [0.3, 0.4) is 0 Å². The predicted molar refractivity (Wildman–Crippen MR) is 69.5 cm³/mol. The number of fused-ring (bicyclic) bond motifs is 2. The number of piperidine rings is 1. The van der Waals surface area contributed by atoms with E-state index < -0.39 is 5.97 Å². The Morgan fingerprint density at radius 3 is 2.63 bits per heavy atom. The van der Waals surface area contributed by atoms with Crippen LogP contribution in [0.1, 0.15) is 30.7 Å². The molecule has 4 atom stereocenters. The lowest BCUT2D eigenvalue weighted by atomic mass is 9.76. The smallest absolute Gasteiger partial charge is 0.308 e. The van der Waals surface area contributed by atoms with Gasteiger partial charge in [-0.15, -0.1) is 0 Å². The Hall–Kier alpha value is -1.42. The third-order valence-corrected chi connectivity index (χ3v) is 4.85. The summed E-state index contributed by atoms with van der Waals surface area (Å²) in [6.07, 6.45) is 2.88. The minimum Gasteiger partial charge on any atom is -0.481 e. The van der Waals surface area contributed by atoms with Crippen molar-refractivity contribution in [2.45, 2.75) is 37.3 Å².